The molecule has 21 heavy (non-hydrogen) atoms. The van der Waals surface area contributed by atoms with Crippen LogP contribution < -0.4 is 0 Å². The monoisotopic (exact) mass is 326 g/mol. The summed E-state index contributed by atoms with van der Waals surface area (Å²) in [7, 11) is 0. The summed E-state index contributed by atoms with van der Waals surface area (Å²) in [5.74, 6) is 3.65. The maximum atomic E-state index is 5.58. The number of hydrogen-bond acceptors (Lipinski definition) is 7. The Morgan fingerprint density at radius 3 is 1.86 bits per heavy atom. The van der Waals surface area contributed by atoms with Crippen LogP contribution >= 0.6 is 23.5 Å². The summed E-state index contributed by atoms with van der Waals surface area (Å²) in [5.41, 5.74) is 0. The zero-order valence-corrected chi connectivity index (χ0v) is 13.3. The Bertz CT molecular complexity index is 509. The number of aryl methyl sites for hydroxylation is 2. The third-order valence-corrected chi connectivity index (χ3v) is 4.64. The minimum atomic E-state index is 0.703. The summed E-state index contributed by atoms with van der Waals surface area (Å²) in [5, 5.41) is 16.0. The van der Waals surface area contributed by atoms with Crippen molar-refractivity contribution in [3.8, 4) is 0 Å². The second-order valence-corrected chi connectivity index (χ2v) is 6.77. The fraction of sp³-hybridized carbons (Fsp3) is 0.667. The normalized spacial score (nSPS) is 18.3. The van der Waals surface area contributed by atoms with Gasteiger partial charge in [0.1, 0.15) is 11.6 Å². The van der Waals surface area contributed by atoms with Crippen LogP contribution in [0, 0.1) is 0 Å². The van der Waals surface area contributed by atoms with Gasteiger partial charge in [0.25, 0.3) is 0 Å². The van der Waals surface area contributed by atoms with Gasteiger partial charge in [0.2, 0.25) is 10.3 Å². The predicted octanol–water partition coefficient (Wildman–Crippen LogP) is 1.70. The van der Waals surface area contributed by atoms with Crippen molar-refractivity contribution in [1.82, 2.24) is 30.4 Å². The van der Waals surface area contributed by atoms with Crippen LogP contribution in [0.5, 0.6) is 0 Å². The van der Waals surface area contributed by atoms with E-state index in [0.717, 1.165) is 59.2 Å². The molecule has 0 radical (unpaired) electrons. The zero-order chi connectivity index (χ0) is 14.3. The van der Waals surface area contributed by atoms with Gasteiger partial charge in [0.15, 0.2) is 0 Å². The third kappa shape index (κ3) is 4.72. The smallest absolute Gasteiger partial charge is 0.208 e. The van der Waals surface area contributed by atoms with Crippen LogP contribution in [0.1, 0.15) is 24.5 Å². The largest absolute Gasteiger partial charge is 0.380 e. The fourth-order valence-electron chi connectivity index (χ4n) is 1.98. The van der Waals surface area contributed by atoms with Crippen molar-refractivity contribution in [2.45, 2.75) is 36.0 Å². The van der Waals surface area contributed by atoms with Crippen LogP contribution in [-0.4, -0.2) is 55.1 Å². The molecule has 0 aromatic carbocycles. The van der Waals surface area contributed by atoms with E-state index in [2.05, 4.69) is 30.4 Å². The lowest BCUT2D eigenvalue weighted by atomic mass is 10.2. The number of nitrogens with zero attached hydrogens (tertiary/aromatic N) is 4. The summed E-state index contributed by atoms with van der Waals surface area (Å²) >= 11 is 3.25. The molecule has 0 unspecified atom stereocenters. The average molecular weight is 326 g/mol. The molecule has 0 saturated heterocycles. The van der Waals surface area contributed by atoms with Crippen LogP contribution in [-0.2, 0) is 17.6 Å². The maximum absolute atomic E-state index is 5.58. The van der Waals surface area contributed by atoms with Gasteiger partial charge < -0.3 is 4.74 Å². The van der Waals surface area contributed by atoms with Gasteiger partial charge >= 0.3 is 0 Å². The molecule has 1 aliphatic heterocycles. The summed E-state index contributed by atoms with van der Waals surface area (Å²) in [6.45, 7) is 1.41. The second kappa shape index (κ2) is 7.81. The van der Waals surface area contributed by atoms with E-state index in [4.69, 9.17) is 4.74 Å². The van der Waals surface area contributed by atoms with E-state index in [1.54, 1.807) is 23.5 Å². The molecule has 0 amide bonds. The Labute approximate surface area is 131 Å². The molecule has 1 aliphatic rings. The Balaban J connectivity index is 1.58. The van der Waals surface area contributed by atoms with Crippen molar-refractivity contribution in [2.75, 3.05) is 24.7 Å². The molecule has 2 N–H and O–H groups in total. The summed E-state index contributed by atoms with van der Waals surface area (Å²) < 4.78 is 5.58. The number of ether oxygens (including phenoxy) is 1. The van der Waals surface area contributed by atoms with Crippen molar-refractivity contribution in [1.29, 1.82) is 0 Å². The highest BCUT2D eigenvalue weighted by Gasteiger charge is 2.07. The first kappa shape index (κ1) is 14.9. The molecule has 3 heterocycles. The molecular formula is C12H18N6OS2. The van der Waals surface area contributed by atoms with Crippen molar-refractivity contribution >= 4 is 23.5 Å². The molecule has 7 nitrogen and oxygen atoms in total. The highest BCUT2D eigenvalue weighted by molar-refractivity contribution is 7.99. The van der Waals surface area contributed by atoms with E-state index < -0.39 is 0 Å². The van der Waals surface area contributed by atoms with Gasteiger partial charge in [-0.25, -0.2) is 9.97 Å². The lowest BCUT2D eigenvalue weighted by Crippen LogP contribution is -2.01. The minimum absolute atomic E-state index is 0.703. The van der Waals surface area contributed by atoms with Gasteiger partial charge in [0.05, 0.1) is 13.2 Å². The number of aromatic nitrogens is 6. The van der Waals surface area contributed by atoms with Crippen molar-refractivity contribution in [2.24, 2.45) is 0 Å². The lowest BCUT2D eigenvalue weighted by molar-refractivity contribution is 0.167. The van der Waals surface area contributed by atoms with E-state index >= 15 is 0 Å². The Hall–Kier alpha value is -1.06. The number of rotatable bonds is 0. The number of aromatic amines is 2. The molecule has 2 aromatic heterocycles. The molecule has 9 heteroatoms. The molecular weight excluding hydrogens is 308 g/mol. The van der Waals surface area contributed by atoms with E-state index in [1.807, 2.05) is 0 Å². The molecule has 4 bridgehead atoms. The van der Waals surface area contributed by atoms with Crippen molar-refractivity contribution in [3.05, 3.63) is 11.6 Å². The van der Waals surface area contributed by atoms with Crippen LogP contribution in [0.4, 0.5) is 0 Å². The van der Waals surface area contributed by atoms with Crippen LogP contribution in [0.15, 0.2) is 10.3 Å². The quantitative estimate of drug-likeness (QED) is 0.761. The van der Waals surface area contributed by atoms with Crippen molar-refractivity contribution < 1.29 is 4.74 Å². The predicted molar refractivity (Wildman–Crippen MR) is 81.7 cm³/mol. The van der Waals surface area contributed by atoms with Gasteiger partial charge in [-0.15, -0.1) is 10.2 Å². The van der Waals surface area contributed by atoms with E-state index in [0.29, 0.717) is 13.2 Å². The van der Waals surface area contributed by atoms with Gasteiger partial charge in [0, 0.05) is 24.3 Å². The molecule has 0 saturated carbocycles. The van der Waals surface area contributed by atoms with Gasteiger partial charge in [-0.1, -0.05) is 23.5 Å². The van der Waals surface area contributed by atoms with Crippen LogP contribution in [0.25, 0.3) is 0 Å². The minimum Gasteiger partial charge on any atom is -0.380 e. The van der Waals surface area contributed by atoms with E-state index in [9.17, 15) is 0 Å². The standard InChI is InChI=1S/C12H18N6OS2/c1-2-4-10-14-12(18-16-10)21-8-6-19-5-7-20-11-13-9(3-1)15-17-11/h1-8H2,(H,13,15,17)(H,14,16,18). The Morgan fingerprint density at radius 1 is 0.810 bits per heavy atom. The Morgan fingerprint density at radius 2 is 1.33 bits per heavy atom. The van der Waals surface area contributed by atoms with Gasteiger partial charge in [-0.3, -0.25) is 10.2 Å². The molecule has 0 atom stereocenters. The first-order chi connectivity index (χ1) is 10.4. The third-order valence-electron chi connectivity index (χ3n) is 3.02. The summed E-state index contributed by atoms with van der Waals surface area (Å²) in [6.07, 6.45) is 3.96. The van der Waals surface area contributed by atoms with Gasteiger partial charge in [-0.05, 0) is 12.8 Å². The first-order valence-corrected chi connectivity index (χ1v) is 9.03. The molecule has 3 rings (SSSR count). The molecule has 0 fully saturated rings. The maximum Gasteiger partial charge on any atom is 0.208 e. The average Bonchev–Trinajstić information content (AvgIpc) is 3.11. The molecule has 114 valence electrons. The number of H-pyrrole nitrogens is 2. The van der Waals surface area contributed by atoms with Crippen LogP contribution in [0.2, 0.25) is 0 Å². The highest BCUT2D eigenvalue weighted by atomic mass is 32.2. The number of hydrogen-bond donors (Lipinski definition) is 2. The zero-order valence-electron chi connectivity index (χ0n) is 11.7. The molecule has 0 spiro atoms. The lowest BCUT2D eigenvalue weighted by Gasteiger charge is -2.01. The van der Waals surface area contributed by atoms with Crippen LogP contribution in [0.3, 0.4) is 0 Å². The topological polar surface area (TPSA) is 92.4 Å². The van der Waals surface area contributed by atoms with E-state index in [1.165, 1.54) is 0 Å². The van der Waals surface area contributed by atoms with Crippen molar-refractivity contribution in [3.63, 3.8) is 0 Å². The first-order valence-electron chi connectivity index (χ1n) is 7.06. The second-order valence-electron chi connectivity index (χ2n) is 4.65. The SMILES string of the molecule is C1CCc2nc(n[nH]2)SCCOCCSc2n[nH]c(n2)C1. The Kier molecular flexibility index (Phi) is 5.53. The molecule has 2 aromatic rings. The molecule has 0 aliphatic carbocycles. The highest BCUT2D eigenvalue weighted by Crippen LogP contribution is 2.15. The summed E-state index contributed by atoms with van der Waals surface area (Å²) in [4.78, 5) is 8.95. The fourth-order valence-corrected chi connectivity index (χ4v) is 3.32. The number of fused-ring (bicyclic) bond motifs is 4. The van der Waals surface area contributed by atoms with E-state index in [-0.39, 0.29) is 0 Å². The number of thioether (sulfide) groups is 2. The summed E-state index contributed by atoms with van der Waals surface area (Å²) in [6, 6.07) is 0. The number of nitrogens with one attached hydrogen (secondary N) is 2. The van der Waals surface area contributed by atoms with Gasteiger partial charge in [-0.2, -0.15) is 0 Å².